The Labute approximate surface area is 164 Å². The first-order chi connectivity index (χ1) is 12.4. The van der Waals surface area contributed by atoms with E-state index in [2.05, 4.69) is 14.7 Å². The van der Waals surface area contributed by atoms with Crippen molar-refractivity contribution in [2.24, 2.45) is 11.0 Å². The van der Waals surface area contributed by atoms with E-state index >= 15 is 0 Å². The van der Waals surface area contributed by atoms with Crippen molar-refractivity contribution < 1.29 is 30.9 Å². The Morgan fingerprint density at radius 1 is 1.30 bits per heavy atom. The third-order valence-electron chi connectivity index (χ3n) is 3.47. The van der Waals surface area contributed by atoms with Gasteiger partial charge in [0.2, 0.25) is 5.91 Å². The molecule has 1 atom stereocenters. The van der Waals surface area contributed by atoms with E-state index in [1.807, 2.05) is 0 Å². The summed E-state index contributed by atoms with van der Waals surface area (Å²) in [6.07, 6.45) is 0.896. The summed E-state index contributed by atoms with van der Waals surface area (Å²) in [5, 5.41) is 3.90. The second-order valence-electron chi connectivity index (χ2n) is 6.02. The van der Waals surface area contributed by atoms with Crippen LogP contribution in [0.4, 0.5) is 8.78 Å². The van der Waals surface area contributed by atoms with E-state index in [1.54, 1.807) is 6.92 Å². The van der Waals surface area contributed by atoms with Crippen molar-refractivity contribution in [2.75, 3.05) is 19.5 Å². The number of hydrazone groups is 1. The fraction of sp³-hybridized carbons (Fsp3) is 0.467. The number of carbonyl (C=O) groups is 1. The van der Waals surface area contributed by atoms with Crippen molar-refractivity contribution in [3.05, 3.63) is 27.7 Å². The lowest BCUT2D eigenvalue weighted by Gasteiger charge is -2.21. The van der Waals surface area contributed by atoms with Crippen molar-refractivity contribution in [3.8, 4) is 5.75 Å². The number of nitrogens with one attached hydrogen (secondary N) is 1. The first-order valence-corrected chi connectivity index (χ1v) is 10.2. The van der Waals surface area contributed by atoms with Gasteiger partial charge in [-0.15, -0.1) is 0 Å². The van der Waals surface area contributed by atoms with Crippen LogP contribution < -0.4 is 10.2 Å². The number of hydrogen-bond acceptors (Lipinski definition) is 6. The quantitative estimate of drug-likeness (QED) is 0.652. The average molecular weight is 445 g/mol. The van der Waals surface area contributed by atoms with Gasteiger partial charge < -0.3 is 4.74 Å². The summed E-state index contributed by atoms with van der Waals surface area (Å²) in [5.74, 6) is -4.17. The highest BCUT2D eigenvalue weighted by Gasteiger charge is 2.33. The highest BCUT2D eigenvalue weighted by molar-refractivity contribution is 7.85. The van der Waals surface area contributed by atoms with E-state index in [4.69, 9.17) is 27.9 Å². The Morgan fingerprint density at radius 2 is 1.89 bits per heavy atom. The molecule has 0 saturated heterocycles. The minimum atomic E-state index is -4.01. The second kappa shape index (κ2) is 8.26. The highest BCUT2D eigenvalue weighted by atomic mass is 35.5. The molecule has 1 aromatic carbocycles. The minimum absolute atomic E-state index is 0.0378. The zero-order chi connectivity index (χ0) is 20.4. The normalized spacial score (nSPS) is 18.1. The standard InChI is InChI=1S/C15H16Cl2F2N2O5S/c1-8-3-12(22)20-21-13(8)9-4-10(16)14(11(17)5-9)25-6-15(18,19)7-26-27(2,23)24/h4-5,8H,3,6-7H2,1-2H3,(H,20,22). The Kier molecular flexibility index (Phi) is 6.67. The predicted octanol–water partition coefficient (Wildman–Crippen LogP) is 2.84. The van der Waals surface area contributed by atoms with Gasteiger partial charge in [0.1, 0.15) is 6.61 Å². The van der Waals surface area contributed by atoms with Gasteiger partial charge in [-0.05, 0) is 12.1 Å². The van der Waals surface area contributed by atoms with Gasteiger partial charge in [0, 0.05) is 17.9 Å². The molecule has 1 heterocycles. The Balaban J connectivity index is 2.14. The summed E-state index contributed by atoms with van der Waals surface area (Å²) < 4.78 is 58.1. The Morgan fingerprint density at radius 3 is 2.41 bits per heavy atom. The number of ether oxygens (including phenoxy) is 1. The van der Waals surface area contributed by atoms with E-state index in [9.17, 15) is 22.0 Å². The number of rotatable bonds is 7. The topological polar surface area (TPSA) is 94.1 Å². The van der Waals surface area contributed by atoms with E-state index < -0.39 is 29.3 Å². The van der Waals surface area contributed by atoms with Crippen LogP contribution in [0.5, 0.6) is 5.75 Å². The van der Waals surface area contributed by atoms with E-state index in [0.29, 0.717) is 17.5 Å². The molecule has 1 amide bonds. The lowest BCUT2D eigenvalue weighted by molar-refractivity contribution is -0.121. The van der Waals surface area contributed by atoms with Crippen LogP contribution in [0.2, 0.25) is 10.0 Å². The fourth-order valence-corrected chi connectivity index (χ4v) is 3.24. The van der Waals surface area contributed by atoms with Crippen LogP contribution in [0, 0.1) is 5.92 Å². The van der Waals surface area contributed by atoms with Crippen LogP contribution in [-0.2, 0) is 19.1 Å². The molecule has 0 radical (unpaired) electrons. The summed E-state index contributed by atoms with van der Waals surface area (Å²) in [7, 11) is -4.01. The summed E-state index contributed by atoms with van der Waals surface area (Å²) in [4.78, 5) is 11.3. The van der Waals surface area contributed by atoms with Gasteiger partial charge in [-0.25, -0.2) is 14.2 Å². The molecule has 0 bridgehead atoms. The molecule has 1 unspecified atom stereocenters. The second-order valence-corrected chi connectivity index (χ2v) is 8.48. The van der Waals surface area contributed by atoms with Crippen LogP contribution in [0.1, 0.15) is 18.9 Å². The van der Waals surface area contributed by atoms with Gasteiger partial charge >= 0.3 is 5.92 Å². The molecule has 2 rings (SSSR count). The van der Waals surface area contributed by atoms with Crippen LogP contribution in [0.25, 0.3) is 0 Å². The molecule has 1 aliphatic rings. The number of nitrogens with zero attached hydrogens (tertiary/aromatic N) is 1. The third-order valence-corrected chi connectivity index (χ3v) is 4.57. The lowest BCUT2D eigenvalue weighted by atomic mass is 9.94. The van der Waals surface area contributed by atoms with Crippen LogP contribution in [0.15, 0.2) is 17.2 Å². The van der Waals surface area contributed by atoms with Gasteiger partial charge in [0.05, 0.1) is 22.0 Å². The molecule has 12 heteroatoms. The van der Waals surface area contributed by atoms with Crippen molar-refractivity contribution in [3.63, 3.8) is 0 Å². The van der Waals surface area contributed by atoms with E-state index in [1.165, 1.54) is 12.1 Å². The van der Waals surface area contributed by atoms with Crippen LogP contribution in [-0.4, -0.2) is 45.4 Å². The molecule has 0 saturated carbocycles. The van der Waals surface area contributed by atoms with Crippen molar-refractivity contribution in [1.82, 2.24) is 5.43 Å². The van der Waals surface area contributed by atoms with E-state index in [0.717, 1.165) is 0 Å². The van der Waals surface area contributed by atoms with Crippen molar-refractivity contribution in [2.45, 2.75) is 19.3 Å². The maximum Gasteiger partial charge on any atom is 0.305 e. The number of halogens is 4. The molecule has 27 heavy (non-hydrogen) atoms. The molecular weight excluding hydrogens is 429 g/mol. The molecule has 1 aliphatic heterocycles. The molecule has 1 aromatic rings. The SMILES string of the molecule is CC1CC(=O)NN=C1c1cc(Cl)c(OCC(F)(F)COS(C)(=O)=O)c(Cl)c1. The molecule has 0 aliphatic carbocycles. The maximum atomic E-state index is 13.7. The van der Waals surface area contributed by atoms with Crippen molar-refractivity contribution in [1.29, 1.82) is 0 Å². The zero-order valence-electron chi connectivity index (χ0n) is 14.3. The zero-order valence-corrected chi connectivity index (χ0v) is 16.6. The average Bonchev–Trinajstić information content (AvgIpc) is 2.51. The number of hydrogen-bond donors (Lipinski definition) is 1. The maximum absolute atomic E-state index is 13.7. The molecule has 0 aromatic heterocycles. The number of carbonyl (C=O) groups excluding carboxylic acids is 1. The molecular formula is C15H16Cl2F2N2O5S. The first kappa shape index (κ1) is 21.8. The van der Waals surface area contributed by atoms with E-state index in [-0.39, 0.29) is 34.0 Å². The lowest BCUT2D eigenvalue weighted by Crippen LogP contribution is -2.33. The molecule has 150 valence electrons. The minimum Gasteiger partial charge on any atom is -0.484 e. The van der Waals surface area contributed by atoms with Crippen molar-refractivity contribution >= 4 is 44.9 Å². The third kappa shape index (κ3) is 6.27. The summed E-state index contributed by atoms with van der Waals surface area (Å²) in [6, 6.07) is 2.86. The Hall–Kier alpha value is -1.49. The van der Waals surface area contributed by atoms with Gasteiger partial charge in [-0.2, -0.15) is 13.5 Å². The molecule has 0 spiro atoms. The smallest absolute Gasteiger partial charge is 0.305 e. The molecule has 7 nitrogen and oxygen atoms in total. The van der Waals surface area contributed by atoms with Gasteiger partial charge in [-0.1, -0.05) is 30.1 Å². The van der Waals surface area contributed by atoms with Gasteiger partial charge in [-0.3, -0.25) is 8.98 Å². The fourth-order valence-electron chi connectivity index (χ4n) is 2.26. The molecule has 0 fully saturated rings. The number of alkyl halides is 2. The monoisotopic (exact) mass is 444 g/mol. The molecule has 1 N–H and O–H groups in total. The van der Waals surface area contributed by atoms with Crippen LogP contribution in [0.3, 0.4) is 0 Å². The highest BCUT2D eigenvalue weighted by Crippen LogP contribution is 2.36. The first-order valence-electron chi connectivity index (χ1n) is 7.59. The number of benzene rings is 1. The van der Waals surface area contributed by atoms with Gasteiger partial charge in [0.25, 0.3) is 10.1 Å². The number of amides is 1. The summed E-state index contributed by atoms with van der Waals surface area (Å²) >= 11 is 12.2. The van der Waals surface area contributed by atoms with Gasteiger partial charge in [0.15, 0.2) is 12.4 Å². The van der Waals surface area contributed by atoms with Crippen LogP contribution >= 0.6 is 23.2 Å². The Bertz CT molecular complexity index is 854. The predicted molar refractivity (Wildman–Crippen MR) is 96.2 cm³/mol. The summed E-state index contributed by atoms with van der Waals surface area (Å²) in [6.45, 7) is -0.756. The largest absolute Gasteiger partial charge is 0.484 e. The summed E-state index contributed by atoms with van der Waals surface area (Å²) in [5.41, 5.74) is 3.41.